The molecule has 7 rings (SSSR count). The van der Waals surface area contributed by atoms with Crippen LogP contribution in [0.4, 0.5) is 10.5 Å². The SMILES string of the molecule is O=C(Nc1cncc(-c2cnc3[nH]nc(-c4nc5c(-c6ccncc6)cccc5[nH]4)c3c2)c1)N1CCOCC1. The molecule has 0 radical (unpaired) electrons. The minimum absolute atomic E-state index is 0.168. The molecule has 0 unspecified atom stereocenters. The predicted molar refractivity (Wildman–Crippen MR) is 147 cm³/mol. The number of carbonyl (C=O) groups is 1. The van der Waals surface area contributed by atoms with Crippen molar-refractivity contribution in [2.75, 3.05) is 31.6 Å². The van der Waals surface area contributed by atoms with Crippen LogP contribution in [0.3, 0.4) is 0 Å². The molecule has 6 heterocycles. The Morgan fingerprint density at radius 3 is 2.67 bits per heavy atom. The van der Waals surface area contributed by atoms with E-state index in [4.69, 9.17) is 9.72 Å². The summed E-state index contributed by atoms with van der Waals surface area (Å²) in [5.74, 6) is 0.640. The highest BCUT2D eigenvalue weighted by atomic mass is 16.5. The molecule has 0 saturated carbocycles. The van der Waals surface area contributed by atoms with E-state index < -0.39 is 0 Å². The van der Waals surface area contributed by atoms with Crippen molar-refractivity contribution in [2.24, 2.45) is 0 Å². The Balaban J connectivity index is 1.23. The lowest BCUT2D eigenvalue weighted by molar-refractivity contribution is 0.0564. The Kier molecular flexibility index (Phi) is 5.67. The Hall–Kier alpha value is -5.16. The van der Waals surface area contributed by atoms with Gasteiger partial charge in [0.15, 0.2) is 11.5 Å². The molecule has 1 aromatic carbocycles. The van der Waals surface area contributed by atoms with E-state index in [2.05, 4.69) is 35.5 Å². The molecule has 1 fully saturated rings. The zero-order valence-electron chi connectivity index (χ0n) is 20.8. The van der Waals surface area contributed by atoms with E-state index in [0.29, 0.717) is 49.2 Å². The van der Waals surface area contributed by atoms with Gasteiger partial charge in [0.05, 0.1) is 41.5 Å². The highest BCUT2D eigenvalue weighted by Crippen LogP contribution is 2.32. The quantitative estimate of drug-likeness (QED) is 0.313. The lowest BCUT2D eigenvalue weighted by Crippen LogP contribution is -2.43. The standard InChI is InChI=1S/C28H23N9O2/c38-28(37-8-10-39-11-9-37)32-20-12-18(14-30-16-20)19-13-22-25(35-36-26(22)31-15-19)27-33-23-3-1-2-21(24(23)34-27)17-4-6-29-7-5-17/h1-7,12-16H,8-11H2,(H,32,38)(H,33,34)(H,31,35,36). The number of anilines is 1. The van der Waals surface area contributed by atoms with Crippen LogP contribution in [0, 0.1) is 0 Å². The number of aromatic nitrogens is 7. The Bertz CT molecular complexity index is 1810. The number of H-pyrrole nitrogens is 2. The van der Waals surface area contributed by atoms with E-state index in [-0.39, 0.29) is 6.03 Å². The minimum Gasteiger partial charge on any atom is -0.378 e. The summed E-state index contributed by atoms with van der Waals surface area (Å²) in [7, 11) is 0. The molecular weight excluding hydrogens is 494 g/mol. The number of pyridine rings is 3. The van der Waals surface area contributed by atoms with Crippen molar-refractivity contribution >= 4 is 33.8 Å². The molecule has 5 aromatic heterocycles. The topological polar surface area (TPSA) is 138 Å². The van der Waals surface area contributed by atoms with Gasteiger partial charge in [-0.15, -0.1) is 0 Å². The Morgan fingerprint density at radius 2 is 1.79 bits per heavy atom. The number of urea groups is 1. The monoisotopic (exact) mass is 517 g/mol. The van der Waals surface area contributed by atoms with E-state index >= 15 is 0 Å². The Labute approximate surface area is 222 Å². The maximum absolute atomic E-state index is 12.6. The zero-order chi connectivity index (χ0) is 26.2. The number of amides is 2. The first kappa shape index (κ1) is 23.0. The van der Waals surface area contributed by atoms with Crippen molar-refractivity contribution in [3.05, 3.63) is 73.4 Å². The number of aromatic amines is 2. The summed E-state index contributed by atoms with van der Waals surface area (Å²) in [4.78, 5) is 35.7. The number of nitrogens with zero attached hydrogens (tertiary/aromatic N) is 6. The molecule has 6 aromatic rings. The number of imidazole rings is 1. The third-order valence-corrected chi connectivity index (χ3v) is 6.77. The predicted octanol–water partition coefficient (Wildman–Crippen LogP) is 4.49. The smallest absolute Gasteiger partial charge is 0.322 e. The summed E-state index contributed by atoms with van der Waals surface area (Å²) < 4.78 is 5.33. The van der Waals surface area contributed by atoms with Crippen LogP contribution in [0.15, 0.2) is 73.4 Å². The van der Waals surface area contributed by atoms with Crippen molar-refractivity contribution in [3.63, 3.8) is 0 Å². The average molecular weight is 518 g/mol. The van der Waals surface area contributed by atoms with Crippen molar-refractivity contribution < 1.29 is 9.53 Å². The van der Waals surface area contributed by atoms with Gasteiger partial charge < -0.3 is 19.9 Å². The summed E-state index contributed by atoms with van der Waals surface area (Å²) in [6.45, 7) is 2.21. The number of nitrogens with one attached hydrogen (secondary N) is 3. The Morgan fingerprint density at radius 1 is 0.949 bits per heavy atom. The number of rotatable bonds is 4. The largest absolute Gasteiger partial charge is 0.378 e. The summed E-state index contributed by atoms with van der Waals surface area (Å²) in [6.07, 6.45) is 8.68. The van der Waals surface area contributed by atoms with Crippen LogP contribution in [0.5, 0.6) is 0 Å². The summed E-state index contributed by atoms with van der Waals surface area (Å²) in [5, 5.41) is 11.3. The second kappa shape index (κ2) is 9.62. The normalized spacial score (nSPS) is 13.7. The maximum atomic E-state index is 12.6. The number of hydrogen-bond donors (Lipinski definition) is 3. The van der Waals surface area contributed by atoms with E-state index in [1.54, 1.807) is 35.9 Å². The zero-order valence-corrected chi connectivity index (χ0v) is 20.8. The molecular formula is C28H23N9O2. The van der Waals surface area contributed by atoms with Crippen molar-refractivity contribution in [1.82, 2.24) is 40.0 Å². The summed E-state index contributed by atoms with van der Waals surface area (Å²) in [6, 6.07) is 13.7. The number of fused-ring (bicyclic) bond motifs is 2. The molecule has 2 amide bonds. The number of ether oxygens (including phenoxy) is 1. The van der Waals surface area contributed by atoms with E-state index in [1.807, 2.05) is 42.5 Å². The van der Waals surface area contributed by atoms with Gasteiger partial charge in [0.1, 0.15) is 5.69 Å². The maximum Gasteiger partial charge on any atom is 0.322 e. The van der Waals surface area contributed by atoms with Crippen LogP contribution < -0.4 is 5.32 Å². The van der Waals surface area contributed by atoms with Crippen LogP contribution in [0.25, 0.3) is 55.8 Å². The van der Waals surface area contributed by atoms with E-state index in [9.17, 15) is 4.79 Å². The van der Waals surface area contributed by atoms with Crippen LogP contribution in [0.2, 0.25) is 0 Å². The molecule has 0 bridgehead atoms. The summed E-state index contributed by atoms with van der Waals surface area (Å²) >= 11 is 0. The van der Waals surface area contributed by atoms with Crippen molar-refractivity contribution in [2.45, 2.75) is 0 Å². The molecule has 192 valence electrons. The molecule has 11 nitrogen and oxygen atoms in total. The molecule has 0 aliphatic carbocycles. The lowest BCUT2D eigenvalue weighted by atomic mass is 10.1. The van der Waals surface area contributed by atoms with Crippen molar-refractivity contribution in [3.8, 4) is 33.8 Å². The van der Waals surface area contributed by atoms with Gasteiger partial charge in [0.2, 0.25) is 0 Å². The van der Waals surface area contributed by atoms with Gasteiger partial charge in [-0.2, -0.15) is 5.10 Å². The second-order valence-corrected chi connectivity index (χ2v) is 9.21. The fourth-order valence-corrected chi connectivity index (χ4v) is 4.79. The number of para-hydroxylation sites is 1. The van der Waals surface area contributed by atoms with Crippen LogP contribution in [0.1, 0.15) is 0 Å². The van der Waals surface area contributed by atoms with E-state index in [1.165, 1.54) is 0 Å². The summed E-state index contributed by atoms with van der Waals surface area (Å²) in [5.41, 5.74) is 7.40. The van der Waals surface area contributed by atoms with Crippen LogP contribution in [-0.4, -0.2) is 72.4 Å². The van der Waals surface area contributed by atoms with Gasteiger partial charge >= 0.3 is 6.03 Å². The third kappa shape index (κ3) is 4.34. The van der Waals surface area contributed by atoms with Gasteiger partial charge in [0.25, 0.3) is 0 Å². The van der Waals surface area contributed by atoms with Gasteiger partial charge in [-0.25, -0.2) is 14.8 Å². The van der Waals surface area contributed by atoms with E-state index in [0.717, 1.165) is 38.7 Å². The fraction of sp³-hybridized carbons (Fsp3) is 0.143. The molecule has 1 aliphatic rings. The first-order valence-corrected chi connectivity index (χ1v) is 12.6. The number of morpholine rings is 1. The molecule has 1 aliphatic heterocycles. The first-order valence-electron chi connectivity index (χ1n) is 12.6. The van der Waals surface area contributed by atoms with Gasteiger partial charge in [-0.1, -0.05) is 12.1 Å². The van der Waals surface area contributed by atoms with Gasteiger partial charge in [0, 0.05) is 54.6 Å². The lowest BCUT2D eigenvalue weighted by Gasteiger charge is -2.26. The molecule has 11 heteroatoms. The van der Waals surface area contributed by atoms with Gasteiger partial charge in [-0.3, -0.25) is 15.1 Å². The number of benzene rings is 1. The highest BCUT2D eigenvalue weighted by Gasteiger charge is 2.18. The second-order valence-electron chi connectivity index (χ2n) is 9.21. The average Bonchev–Trinajstić information content (AvgIpc) is 3.62. The first-order chi connectivity index (χ1) is 19.2. The fourth-order valence-electron chi connectivity index (χ4n) is 4.79. The van der Waals surface area contributed by atoms with Crippen molar-refractivity contribution in [1.29, 1.82) is 0 Å². The molecule has 39 heavy (non-hydrogen) atoms. The highest BCUT2D eigenvalue weighted by molar-refractivity contribution is 5.97. The van der Waals surface area contributed by atoms with Crippen LogP contribution in [-0.2, 0) is 4.74 Å². The molecule has 1 saturated heterocycles. The third-order valence-electron chi connectivity index (χ3n) is 6.77. The number of hydrogen-bond acceptors (Lipinski definition) is 7. The molecule has 0 atom stereocenters. The molecule has 3 N–H and O–H groups in total. The molecule has 0 spiro atoms. The van der Waals surface area contributed by atoms with Gasteiger partial charge in [-0.05, 0) is 35.9 Å². The minimum atomic E-state index is -0.168. The van der Waals surface area contributed by atoms with Crippen LogP contribution >= 0.6 is 0 Å². The number of carbonyl (C=O) groups excluding carboxylic acids is 1.